The highest BCUT2D eigenvalue weighted by Gasteiger charge is 2.34. The van der Waals surface area contributed by atoms with Crippen LogP contribution in [0.3, 0.4) is 0 Å². The minimum Gasteiger partial charge on any atom is -0.539 e. The predicted octanol–water partition coefficient (Wildman–Crippen LogP) is 6.61. The zero-order valence-corrected chi connectivity index (χ0v) is 23.2. The summed E-state index contributed by atoms with van der Waals surface area (Å²) in [6, 6.07) is 15.3. The van der Waals surface area contributed by atoms with E-state index in [2.05, 4.69) is 15.0 Å². The highest BCUT2D eigenvalue weighted by Crippen LogP contribution is 2.43. The van der Waals surface area contributed by atoms with Crippen molar-refractivity contribution in [3.8, 4) is 39.8 Å². The molecule has 0 saturated heterocycles. The van der Waals surface area contributed by atoms with Crippen molar-refractivity contribution in [3.05, 3.63) is 100 Å². The van der Waals surface area contributed by atoms with Gasteiger partial charge in [-0.1, -0.05) is 23.7 Å². The number of hydrogen-bond acceptors (Lipinski definition) is 8. The van der Waals surface area contributed by atoms with Gasteiger partial charge in [0.1, 0.15) is 27.1 Å². The van der Waals surface area contributed by atoms with Crippen LogP contribution in [0.25, 0.3) is 38.3 Å². The summed E-state index contributed by atoms with van der Waals surface area (Å²) >= 11 is 6.83. The summed E-state index contributed by atoms with van der Waals surface area (Å²) in [4.78, 5) is 18.4. The molecule has 44 heavy (non-hydrogen) atoms. The molecule has 0 radical (unpaired) electrons. The number of nitrogens with zero attached hydrogens (tertiary/aromatic N) is 3. The molecule has 0 bridgehead atoms. The average molecular weight is 645 g/mol. The summed E-state index contributed by atoms with van der Waals surface area (Å²) < 4.78 is 75.9. The van der Waals surface area contributed by atoms with E-state index in [4.69, 9.17) is 21.9 Å². The zero-order valence-electron chi connectivity index (χ0n) is 21.7. The maximum atomic E-state index is 15.1. The molecule has 0 aliphatic carbocycles. The predicted molar refractivity (Wildman–Crippen MR) is 147 cm³/mol. The number of aromatic nitrogens is 3. The fourth-order valence-electron chi connectivity index (χ4n) is 4.49. The van der Waals surface area contributed by atoms with Gasteiger partial charge in [0.05, 0.1) is 16.7 Å². The largest absolute Gasteiger partial charge is 0.573 e. The van der Waals surface area contributed by atoms with E-state index in [1.165, 1.54) is 12.1 Å². The van der Waals surface area contributed by atoms with Gasteiger partial charge >= 0.3 is 12.1 Å². The summed E-state index contributed by atoms with van der Waals surface area (Å²) in [5.74, 6) is -4.33. The maximum Gasteiger partial charge on any atom is 0.573 e. The van der Waals surface area contributed by atoms with Gasteiger partial charge in [-0.15, -0.1) is 24.5 Å². The molecule has 0 spiro atoms. The van der Waals surface area contributed by atoms with Gasteiger partial charge < -0.3 is 20.1 Å². The average Bonchev–Trinajstić information content (AvgIpc) is 3.52. The molecule has 3 aromatic heterocycles. The maximum absolute atomic E-state index is 15.1. The molecule has 0 saturated carbocycles. The molecule has 8 nitrogen and oxygen atoms in total. The van der Waals surface area contributed by atoms with E-state index in [0.717, 1.165) is 46.4 Å². The number of pyridine rings is 1. The minimum absolute atomic E-state index is 0.00521. The number of carbonyl (C=O) groups is 1. The molecule has 0 amide bonds. The Hall–Kier alpha value is -5.08. The lowest BCUT2D eigenvalue weighted by atomic mass is 9.98. The molecule has 222 valence electrons. The van der Waals surface area contributed by atoms with E-state index in [9.17, 15) is 27.5 Å². The van der Waals surface area contributed by atoms with E-state index >= 15 is 4.39 Å². The van der Waals surface area contributed by atoms with Crippen molar-refractivity contribution < 1.29 is 45.8 Å². The number of anilines is 1. The van der Waals surface area contributed by atoms with E-state index in [1.807, 2.05) is 0 Å². The standard InChI is InChI=1S/C29H14ClF5N4O4S/c30-14-3-1-13(2-4-14)21-12-19(18-10-5-15(31)11-20(18)32)22-23(36)26(44-27(22)37-21)25(40)24-28(41)43-38-39(24)16-6-8-17(9-7-16)42-29(33,34)35/h1-12H,(H2-,36,38,40,41). The molecule has 6 aromatic rings. The first-order chi connectivity index (χ1) is 20.9. The molecule has 3 aromatic carbocycles. The third-order valence-electron chi connectivity index (χ3n) is 6.41. The van der Waals surface area contributed by atoms with Crippen molar-refractivity contribution in [2.75, 3.05) is 5.73 Å². The van der Waals surface area contributed by atoms with Crippen molar-refractivity contribution in [2.24, 2.45) is 0 Å². The van der Waals surface area contributed by atoms with Crippen molar-refractivity contribution in [1.29, 1.82) is 0 Å². The van der Waals surface area contributed by atoms with Crippen LogP contribution in [0.15, 0.2) is 77.3 Å². The smallest absolute Gasteiger partial charge is 0.539 e. The SMILES string of the molecule is Nc1c(C(=O)c2c([O-])on[n+]2-c2ccc(OC(F)(F)F)cc2)sc2nc(-c3ccc(Cl)cc3)cc(-c3ccc(F)cc3F)c12. The molecule has 0 aliphatic rings. The van der Waals surface area contributed by atoms with Gasteiger partial charge in [0.15, 0.2) is 5.95 Å². The first kappa shape index (κ1) is 29.0. The summed E-state index contributed by atoms with van der Waals surface area (Å²) in [6.45, 7) is 0. The Morgan fingerprint density at radius 1 is 1.00 bits per heavy atom. The Labute approximate surface area is 252 Å². The van der Waals surface area contributed by atoms with Crippen molar-refractivity contribution >= 4 is 44.6 Å². The third kappa shape index (κ3) is 5.40. The second-order valence-corrected chi connectivity index (χ2v) is 10.6. The van der Waals surface area contributed by atoms with Gasteiger partial charge in [0.25, 0.3) is 5.78 Å². The number of alkyl halides is 3. The normalized spacial score (nSPS) is 11.7. The highest BCUT2D eigenvalue weighted by atomic mass is 35.5. The molecule has 0 aliphatic heterocycles. The first-order valence-corrected chi connectivity index (χ1v) is 13.5. The zero-order chi connectivity index (χ0) is 31.3. The van der Waals surface area contributed by atoms with Crippen LogP contribution in [0.5, 0.6) is 11.7 Å². The van der Waals surface area contributed by atoms with Crippen molar-refractivity contribution in [1.82, 2.24) is 10.3 Å². The molecule has 0 fully saturated rings. The molecular formula is C29H14ClF5N4O4S. The molecule has 15 heteroatoms. The number of thiophene rings is 1. The quantitative estimate of drug-likeness (QED) is 0.123. The summed E-state index contributed by atoms with van der Waals surface area (Å²) in [6.07, 6.45) is -4.93. The summed E-state index contributed by atoms with van der Waals surface area (Å²) in [5, 5.41) is 16.8. The number of nitrogen functional groups attached to an aromatic ring is 1. The van der Waals surface area contributed by atoms with Crippen LogP contribution in [0.1, 0.15) is 15.4 Å². The minimum atomic E-state index is -4.93. The van der Waals surface area contributed by atoms with E-state index in [1.54, 1.807) is 24.3 Å². The lowest BCUT2D eigenvalue weighted by molar-refractivity contribution is -0.672. The van der Waals surface area contributed by atoms with Gasteiger partial charge in [-0.25, -0.2) is 13.8 Å². The second kappa shape index (κ2) is 10.9. The fourth-order valence-corrected chi connectivity index (χ4v) is 5.68. The lowest BCUT2D eigenvalue weighted by Gasteiger charge is -2.10. The van der Waals surface area contributed by atoms with E-state index in [0.29, 0.717) is 22.3 Å². The van der Waals surface area contributed by atoms with Crippen LogP contribution < -0.4 is 20.3 Å². The van der Waals surface area contributed by atoms with Gasteiger partial charge in [0.2, 0.25) is 5.69 Å². The van der Waals surface area contributed by atoms with E-state index in [-0.39, 0.29) is 37.6 Å². The molecule has 0 unspecified atom stereocenters. The van der Waals surface area contributed by atoms with Gasteiger partial charge in [-0.3, -0.25) is 4.79 Å². The molecule has 0 atom stereocenters. The highest BCUT2D eigenvalue weighted by molar-refractivity contribution is 7.21. The Bertz CT molecular complexity index is 2060. The van der Waals surface area contributed by atoms with Gasteiger partial charge in [-0.05, 0) is 52.7 Å². The number of ketones is 1. The second-order valence-electron chi connectivity index (χ2n) is 9.20. The summed E-state index contributed by atoms with van der Waals surface area (Å²) in [7, 11) is 0. The Morgan fingerprint density at radius 3 is 2.36 bits per heavy atom. The van der Waals surface area contributed by atoms with Crippen LogP contribution in [-0.4, -0.2) is 22.4 Å². The number of nitrogens with two attached hydrogens (primary N) is 1. The fraction of sp³-hybridized carbons (Fsp3) is 0.0345. The third-order valence-corrected chi connectivity index (χ3v) is 7.76. The van der Waals surface area contributed by atoms with Crippen LogP contribution in [0.2, 0.25) is 5.02 Å². The lowest BCUT2D eigenvalue weighted by Crippen LogP contribution is -2.39. The van der Waals surface area contributed by atoms with E-state index < -0.39 is 41.2 Å². The number of rotatable bonds is 6. The van der Waals surface area contributed by atoms with Gasteiger partial charge in [0, 0.05) is 39.7 Å². The van der Waals surface area contributed by atoms with Crippen molar-refractivity contribution in [2.45, 2.75) is 6.36 Å². The molecule has 6 rings (SSSR count). The number of carbonyl (C=O) groups excluding carboxylic acids is 1. The Morgan fingerprint density at radius 2 is 1.70 bits per heavy atom. The number of halogens is 6. The monoisotopic (exact) mass is 644 g/mol. The topological polar surface area (TPSA) is 118 Å². The molecular weight excluding hydrogens is 631 g/mol. The number of fused-ring (bicyclic) bond motifs is 1. The van der Waals surface area contributed by atoms with Crippen LogP contribution >= 0.6 is 22.9 Å². The number of hydrogen-bond donors (Lipinski definition) is 1. The van der Waals surface area contributed by atoms with Crippen LogP contribution in [-0.2, 0) is 0 Å². The number of ether oxygens (including phenoxy) is 1. The van der Waals surface area contributed by atoms with Crippen LogP contribution in [0, 0.1) is 11.6 Å². The first-order valence-electron chi connectivity index (χ1n) is 12.3. The van der Waals surface area contributed by atoms with Gasteiger partial charge in [-0.2, -0.15) is 0 Å². The van der Waals surface area contributed by atoms with Crippen molar-refractivity contribution in [3.63, 3.8) is 0 Å². The number of benzene rings is 3. The molecule has 3 heterocycles. The van der Waals surface area contributed by atoms with Crippen LogP contribution in [0.4, 0.5) is 27.6 Å². The Balaban J connectivity index is 1.50. The molecule has 2 N–H and O–H groups in total. The summed E-state index contributed by atoms with van der Waals surface area (Å²) in [5.41, 5.74) is 6.82. The Kier molecular flexibility index (Phi) is 7.18.